The highest BCUT2D eigenvalue weighted by Gasteiger charge is 2.22. The van der Waals surface area contributed by atoms with E-state index in [2.05, 4.69) is 36.4 Å². The van der Waals surface area contributed by atoms with Crippen LogP contribution in [0.25, 0.3) is 0 Å². The van der Waals surface area contributed by atoms with Gasteiger partial charge in [0.2, 0.25) is 0 Å². The van der Waals surface area contributed by atoms with Crippen LogP contribution in [0.15, 0.2) is 18.2 Å². The zero-order chi connectivity index (χ0) is 13.7. The molecule has 2 atom stereocenters. The molecule has 1 N–H and O–H groups in total. The number of fused-ring (bicyclic) bond motifs is 1. The third-order valence-electron chi connectivity index (χ3n) is 3.96. The monoisotopic (exact) mass is 257 g/mol. The predicted molar refractivity (Wildman–Crippen MR) is 79.3 cm³/mol. The van der Waals surface area contributed by atoms with Crippen molar-refractivity contribution in [1.82, 2.24) is 5.32 Å². The number of hydrogen-bond donors (Lipinski definition) is 1. The van der Waals surface area contributed by atoms with Gasteiger partial charge < -0.3 is 10.1 Å². The molecule has 0 bridgehead atoms. The number of ether oxygens (including phenoxy) is 1. The van der Waals surface area contributed by atoms with Crippen LogP contribution in [-0.2, 0) is 6.42 Å². The Morgan fingerprint density at radius 3 is 3.05 bits per heavy atom. The summed E-state index contributed by atoms with van der Waals surface area (Å²) < 4.78 is 5.31. The molecule has 1 aromatic rings. The highest BCUT2D eigenvalue weighted by atomic mass is 16.5. The third kappa shape index (κ3) is 3.30. The molecule has 0 fully saturated rings. The minimum absolute atomic E-state index is 0.419. The Kier molecular flexibility index (Phi) is 4.87. The third-order valence-corrected chi connectivity index (χ3v) is 3.96. The van der Waals surface area contributed by atoms with Gasteiger partial charge >= 0.3 is 0 Å². The number of methoxy groups -OCH3 is 1. The molecular weight excluding hydrogens is 234 g/mol. The van der Waals surface area contributed by atoms with Crippen molar-refractivity contribution in [2.75, 3.05) is 7.11 Å². The molecule has 0 saturated carbocycles. The maximum absolute atomic E-state index is 5.44. The van der Waals surface area contributed by atoms with Crippen LogP contribution in [0.1, 0.15) is 49.8 Å². The lowest BCUT2D eigenvalue weighted by molar-refractivity contribution is 0.386. The van der Waals surface area contributed by atoms with Gasteiger partial charge in [-0.25, -0.2) is 0 Å². The molecule has 2 unspecified atom stereocenters. The van der Waals surface area contributed by atoms with E-state index in [0.717, 1.165) is 25.0 Å². The Bertz CT molecular complexity index is 461. The second kappa shape index (κ2) is 6.63. The molecule has 1 aliphatic rings. The number of hydrogen-bond acceptors (Lipinski definition) is 2. The molecule has 0 aromatic heterocycles. The van der Waals surface area contributed by atoms with Gasteiger partial charge in [-0.1, -0.05) is 13.0 Å². The smallest absolute Gasteiger partial charge is 0.119 e. The van der Waals surface area contributed by atoms with E-state index in [9.17, 15) is 0 Å². The van der Waals surface area contributed by atoms with Crippen LogP contribution in [0.4, 0.5) is 0 Å². The quantitative estimate of drug-likeness (QED) is 0.816. The first-order valence-corrected chi connectivity index (χ1v) is 7.14. The van der Waals surface area contributed by atoms with E-state index in [0.29, 0.717) is 12.1 Å². The average Bonchev–Trinajstić information content (AvgIpc) is 2.46. The van der Waals surface area contributed by atoms with Crippen LogP contribution >= 0.6 is 0 Å². The van der Waals surface area contributed by atoms with Crippen LogP contribution in [-0.4, -0.2) is 13.2 Å². The number of benzene rings is 1. The van der Waals surface area contributed by atoms with Gasteiger partial charge in [-0.3, -0.25) is 0 Å². The summed E-state index contributed by atoms with van der Waals surface area (Å²) in [5.41, 5.74) is 2.83. The fraction of sp³-hybridized carbons (Fsp3) is 0.529. The number of rotatable bonds is 5. The van der Waals surface area contributed by atoms with Gasteiger partial charge in [-0.15, -0.1) is 12.3 Å². The lowest BCUT2D eigenvalue weighted by atomic mass is 9.87. The summed E-state index contributed by atoms with van der Waals surface area (Å²) in [6, 6.07) is 7.29. The van der Waals surface area contributed by atoms with Gasteiger partial charge in [0.25, 0.3) is 0 Å². The van der Waals surface area contributed by atoms with Gasteiger partial charge in [0.05, 0.1) is 7.11 Å². The number of aryl methyl sites for hydroxylation is 1. The minimum atomic E-state index is 0.419. The van der Waals surface area contributed by atoms with E-state index in [4.69, 9.17) is 11.2 Å². The van der Waals surface area contributed by atoms with E-state index in [1.165, 1.54) is 24.0 Å². The molecule has 19 heavy (non-hydrogen) atoms. The summed E-state index contributed by atoms with van der Waals surface area (Å²) in [7, 11) is 1.72. The molecule has 1 aliphatic carbocycles. The summed E-state index contributed by atoms with van der Waals surface area (Å²) in [4.78, 5) is 0. The van der Waals surface area contributed by atoms with Gasteiger partial charge in [-0.05, 0) is 48.9 Å². The van der Waals surface area contributed by atoms with Gasteiger partial charge in [0.1, 0.15) is 5.75 Å². The van der Waals surface area contributed by atoms with Crippen molar-refractivity contribution in [1.29, 1.82) is 0 Å². The molecule has 2 heteroatoms. The molecule has 0 spiro atoms. The summed E-state index contributed by atoms with van der Waals surface area (Å²) in [6.45, 7) is 2.19. The Morgan fingerprint density at radius 1 is 1.53 bits per heavy atom. The molecule has 2 rings (SSSR count). The lowest BCUT2D eigenvalue weighted by Crippen LogP contribution is -2.34. The van der Waals surface area contributed by atoms with Crippen molar-refractivity contribution >= 4 is 0 Å². The van der Waals surface area contributed by atoms with Crippen molar-refractivity contribution in [3.05, 3.63) is 29.3 Å². The minimum Gasteiger partial charge on any atom is -0.497 e. The first-order chi connectivity index (χ1) is 9.28. The number of terminal acetylenes is 1. The van der Waals surface area contributed by atoms with Crippen LogP contribution in [0, 0.1) is 12.3 Å². The molecule has 1 aromatic carbocycles. The topological polar surface area (TPSA) is 21.3 Å². The fourth-order valence-corrected chi connectivity index (χ4v) is 2.84. The Labute approximate surface area is 116 Å². The SMILES string of the molecule is C#CCC(CC)NC1CCCc2cc(OC)ccc21. The first-order valence-electron chi connectivity index (χ1n) is 7.14. The summed E-state index contributed by atoms with van der Waals surface area (Å²) in [5.74, 6) is 3.72. The van der Waals surface area contributed by atoms with Crippen LogP contribution in [0.2, 0.25) is 0 Å². The van der Waals surface area contributed by atoms with Crippen molar-refractivity contribution in [3.63, 3.8) is 0 Å². The van der Waals surface area contributed by atoms with Crippen LogP contribution in [0.5, 0.6) is 5.75 Å². The molecule has 0 saturated heterocycles. The van der Waals surface area contributed by atoms with E-state index < -0.39 is 0 Å². The summed E-state index contributed by atoms with van der Waals surface area (Å²) in [5, 5.41) is 3.72. The Hall–Kier alpha value is -1.46. The van der Waals surface area contributed by atoms with Crippen molar-refractivity contribution in [2.24, 2.45) is 0 Å². The lowest BCUT2D eigenvalue weighted by Gasteiger charge is -2.30. The van der Waals surface area contributed by atoms with Gasteiger partial charge in [0, 0.05) is 18.5 Å². The molecular formula is C17H23NO. The molecule has 0 aliphatic heterocycles. The van der Waals surface area contributed by atoms with Crippen LogP contribution in [0.3, 0.4) is 0 Å². The molecule has 102 valence electrons. The second-order valence-corrected chi connectivity index (χ2v) is 5.19. The second-order valence-electron chi connectivity index (χ2n) is 5.19. The maximum atomic E-state index is 5.44. The van der Waals surface area contributed by atoms with Crippen molar-refractivity contribution in [2.45, 2.75) is 51.1 Å². The predicted octanol–water partition coefficient (Wildman–Crippen LogP) is 3.46. The van der Waals surface area contributed by atoms with E-state index >= 15 is 0 Å². The largest absolute Gasteiger partial charge is 0.497 e. The fourth-order valence-electron chi connectivity index (χ4n) is 2.84. The molecule has 2 nitrogen and oxygen atoms in total. The van der Waals surface area contributed by atoms with Crippen LogP contribution < -0.4 is 10.1 Å². The molecule has 0 radical (unpaired) electrons. The Balaban J connectivity index is 2.15. The van der Waals surface area contributed by atoms with Crippen molar-refractivity contribution in [3.8, 4) is 18.1 Å². The summed E-state index contributed by atoms with van der Waals surface area (Å²) >= 11 is 0. The van der Waals surface area contributed by atoms with E-state index in [1.807, 2.05) is 0 Å². The van der Waals surface area contributed by atoms with Gasteiger partial charge in [0.15, 0.2) is 0 Å². The first kappa shape index (κ1) is 14.0. The normalized spacial score (nSPS) is 19.3. The zero-order valence-electron chi connectivity index (χ0n) is 11.9. The number of nitrogens with one attached hydrogen (secondary N) is 1. The highest BCUT2D eigenvalue weighted by Crippen LogP contribution is 2.32. The van der Waals surface area contributed by atoms with E-state index in [-0.39, 0.29) is 0 Å². The maximum Gasteiger partial charge on any atom is 0.119 e. The highest BCUT2D eigenvalue weighted by molar-refractivity contribution is 5.39. The average molecular weight is 257 g/mol. The molecule has 0 heterocycles. The molecule has 0 amide bonds. The van der Waals surface area contributed by atoms with Gasteiger partial charge in [-0.2, -0.15) is 0 Å². The Morgan fingerprint density at radius 2 is 2.37 bits per heavy atom. The van der Waals surface area contributed by atoms with Crippen molar-refractivity contribution < 1.29 is 4.74 Å². The zero-order valence-corrected chi connectivity index (χ0v) is 11.9. The van der Waals surface area contributed by atoms with E-state index in [1.54, 1.807) is 7.11 Å². The standard InChI is InChI=1S/C17H23NO/c1-4-7-14(5-2)18-17-9-6-8-13-12-15(19-3)10-11-16(13)17/h1,10-12,14,17-18H,5-9H2,2-3H3. The summed E-state index contributed by atoms with van der Waals surface area (Å²) in [6.07, 6.45) is 10.9.